The number of carbonyl (C=O) groups is 2. The second-order valence-corrected chi connectivity index (χ2v) is 8.19. The molecule has 2 N–H and O–H groups in total. The highest BCUT2D eigenvalue weighted by molar-refractivity contribution is 5.89. The number of aromatic nitrogens is 1. The Labute approximate surface area is 164 Å². The van der Waals surface area contributed by atoms with Gasteiger partial charge in [-0.1, -0.05) is 25.7 Å². The first-order valence-corrected chi connectivity index (χ1v) is 10.4. The fourth-order valence-electron chi connectivity index (χ4n) is 4.52. The molecule has 2 aliphatic rings. The van der Waals surface area contributed by atoms with Gasteiger partial charge in [-0.2, -0.15) is 0 Å². The largest absolute Gasteiger partial charge is 0.361 e. The van der Waals surface area contributed by atoms with Gasteiger partial charge in [-0.15, -0.1) is 0 Å². The van der Waals surface area contributed by atoms with Gasteiger partial charge in [0, 0.05) is 42.7 Å². The number of likely N-dealkylation sites (tertiary alicyclic amines) is 1. The van der Waals surface area contributed by atoms with Gasteiger partial charge in [0.15, 0.2) is 0 Å². The molecule has 28 heavy (non-hydrogen) atoms. The molecule has 1 aliphatic carbocycles. The van der Waals surface area contributed by atoms with Crippen LogP contribution in [0.15, 0.2) is 24.4 Å². The van der Waals surface area contributed by atoms with Crippen molar-refractivity contribution in [2.45, 2.75) is 57.4 Å². The summed E-state index contributed by atoms with van der Waals surface area (Å²) in [6.45, 7) is 1.03. The predicted molar refractivity (Wildman–Crippen MR) is 106 cm³/mol. The number of carbonyl (C=O) groups excluding carboxylic acids is 2. The van der Waals surface area contributed by atoms with Crippen LogP contribution in [0.2, 0.25) is 0 Å². The van der Waals surface area contributed by atoms with E-state index in [1.807, 2.05) is 6.20 Å². The van der Waals surface area contributed by atoms with Crippen molar-refractivity contribution < 1.29 is 14.0 Å². The van der Waals surface area contributed by atoms with Crippen molar-refractivity contribution in [3.63, 3.8) is 0 Å². The van der Waals surface area contributed by atoms with Gasteiger partial charge in [-0.3, -0.25) is 9.59 Å². The molecule has 1 saturated heterocycles. The van der Waals surface area contributed by atoms with Gasteiger partial charge in [0.05, 0.1) is 5.92 Å². The van der Waals surface area contributed by atoms with E-state index in [0.717, 1.165) is 29.3 Å². The molecule has 1 atom stereocenters. The van der Waals surface area contributed by atoms with Gasteiger partial charge in [-0.05, 0) is 43.0 Å². The molecule has 0 bridgehead atoms. The number of aromatic amines is 1. The summed E-state index contributed by atoms with van der Waals surface area (Å²) >= 11 is 0. The molecule has 2 heterocycles. The van der Waals surface area contributed by atoms with Gasteiger partial charge in [0.2, 0.25) is 11.8 Å². The zero-order valence-electron chi connectivity index (χ0n) is 16.2. The maximum Gasteiger partial charge on any atom is 0.225 e. The van der Waals surface area contributed by atoms with E-state index in [4.69, 9.17) is 0 Å². The van der Waals surface area contributed by atoms with Gasteiger partial charge in [0.25, 0.3) is 0 Å². The predicted octanol–water partition coefficient (Wildman–Crippen LogP) is 3.54. The number of H-pyrrole nitrogens is 1. The maximum atomic E-state index is 13.5. The van der Waals surface area contributed by atoms with Crippen molar-refractivity contribution in [3.05, 3.63) is 35.8 Å². The Morgan fingerprint density at radius 3 is 2.79 bits per heavy atom. The molecule has 6 heteroatoms. The number of amides is 2. The number of hydrogen-bond acceptors (Lipinski definition) is 2. The number of halogens is 1. The summed E-state index contributed by atoms with van der Waals surface area (Å²) in [6, 6.07) is 4.95. The van der Waals surface area contributed by atoms with Crippen LogP contribution in [0, 0.1) is 11.7 Å². The fourth-order valence-corrected chi connectivity index (χ4v) is 4.52. The summed E-state index contributed by atoms with van der Waals surface area (Å²) in [5.41, 5.74) is 1.89. The third kappa shape index (κ3) is 4.21. The van der Waals surface area contributed by atoms with E-state index in [1.54, 1.807) is 11.0 Å². The Kier molecular flexibility index (Phi) is 5.64. The average molecular weight is 385 g/mol. The number of fused-ring (bicyclic) bond motifs is 1. The van der Waals surface area contributed by atoms with E-state index in [-0.39, 0.29) is 29.6 Å². The zero-order chi connectivity index (χ0) is 19.5. The standard InChI is InChI=1S/C22H28FN3O2/c23-17-7-8-20-19(12-17)15(13-24-20)9-10-26-14-16(11-21(26)27)22(28)25-18-5-3-1-2-4-6-18/h7-8,12-13,16,18,24H,1-6,9-11,14H2,(H,25,28)/t16-/m1/s1. The van der Waals surface area contributed by atoms with Crippen LogP contribution < -0.4 is 5.32 Å². The van der Waals surface area contributed by atoms with Crippen molar-refractivity contribution in [1.29, 1.82) is 0 Å². The fraction of sp³-hybridized carbons (Fsp3) is 0.545. The van der Waals surface area contributed by atoms with Crippen LogP contribution in [-0.2, 0) is 16.0 Å². The Morgan fingerprint density at radius 1 is 1.21 bits per heavy atom. The summed E-state index contributed by atoms with van der Waals surface area (Å²) in [6.07, 6.45) is 9.76. The lowest BCUT2D eigenvalue weighted by atomic mass is 10.0. The number of benzene rings is 1. The minimum Gasteiger partial charge on any atom is -0.361 e. The van der Waals surface area contributed by atoms with Crippen LogP contribution in [0.5, 0.6) is 0 Å². The first-order valence-electron chi connectivity index (χ1n) is 10.4. The zero-order valence-corrected chi connectivity index (χ0v) is 16.2. The third-order valence-corrected chi connectivity index (χ3v) is 6.17. The van der Waals surface area contributed by atoms with Crippen molar-refractivity contribution >= 4 is 22.7 Å². The van der Waals surface area contributed by atoms with Crippen molar-refractivity contribution in [3.8, 4) is 0 Å². The second kappa shape index (κ2) is 8.33. The van der Waals surface area contributed by atoms with E-state index in [2.05, 4.69) is 10.3 Å². The monoisotopic (exact) mass is 385 g/mol. The molecular weight excluding hydrogens is 357 g/mol. The minimum absolute atomic E-state index is 0.0249. The summed E-state index contributed by atoms with van der Waals surface area (Å²) in [5, 5.41) is 4.03. The molecule has 2 amide bonds. The van der Waals surface area contributed by atoms with Gasteiger partial charge >= 0.3 is 0 Å². The Morgan fingerprint density at radius 2 is 2.00 bits per heavy atom. The first-order chi connectivity index (χ1) is 13.6. The van der Waals surface area contributed by atoms with Crippen molar-refractivity contribution in [1.82, 2.24) is 15.2 Å². The summed E-state index contributed by atoms with van der Waals surface area (Å²) in [5.74, 6) is -0.457. The van der Waals surface area contributed by atoms with E-state index >= 15 is 0 Å². The van der Waals surface area contributed by atoms with E-state index in [9.17, 15) is 14.0 Å². The number of hydrogen-bond donors (Lipinski definition) is 2. The first kappa shape index (κ1) is 19.0. The molecule has 0 spiro atoms. The van der Waals surface area contributed by atoms with Crippen LogP contribution in [0.25, 0.3) is 10.9 Å². The molecule has 1 saturated carbocycles. The van der Waals surface area contributed by atoms with Crippen molar-refractivity contribution in [2.24, 2.45) is 5.92 Å². The summed E-state index contributed by atoms with van der Waals surface area (Å²) in [7, 11) is 0. The molecule has 1 aliphatic heterocycles. The van der Waals surface area contributed by atoms with Crippen LogP contribution in [-0.4, -0.2) is 40.8 Å². The second-order valence-electron chi connectivity index (χ2n) is 8.19. The molecule has 1 aromatic heterocycles. The van der Waals surface area contributed by atoms with Gasteiger partial charge in [0.1, 0.15) is 5.82 Å². The molecule has 0 unspecified atom stereocenters. The highest BCUT2D eigenvalue weighted by Crippen LogP contribution is 2.23. The SMILES string of the molecule is O=C(NC1CCCCCC1)[C@@H]1CC(=O)N(CCc2c[nH]c3ccc(F)cc23)C1. The molecule has 2 fully saturated rings. The van der Waals surface area contributed by atoms with Crippen LogP contribution in [0.4, 0.5) is 4.39 Å². The Balaban J connectivity index is 1.32. The van der Waals surface area contributed by atoms with Gasteiger partial charge < -0.3 is 15.2 Å². The minimum atomic E-state index is -0.263. The van der Waals surface area contributed by atoms with Crippen LogP contribution in [0.3, 0.4) is 0 Å². The van der Waals surface area contributed by atoms with E-state index in [1.165, 1.54) is 37.8 Å². The third-order valence-electron chi connectivity index (χ3n) is 6.17. The maximum absolute atomic E-state index is 13.5. The average Bonchev–Trinajstić information content (AvgIpc) is 3.14. The lowest BCUT2D eigenvalue weighted by Gasteiger charge is -2.20. The summed E-state index contributed by atoms with van der Waals surface area (Å²) < 4.78 is 13.5. The van der Waals surface area contributed by atoms with E-state index in [0.29, 0.717) is 25.9 Å². The lowest BCUT2D eigenvalue weighted by molar-refractivity contribution is -0.129. The molecule has 0 radical (unpaired) electrons. The number of rotatable bonds is 5. The number of nitrogens with zero attached hydrogens (tertiary/aromatic N) is 1. The molecule has 150 valence electrons. The van der Waals surface area contributed by atoms with Gasteiger partial charge in [-0.25, -0.2) is 4.39 Å². The number of nitrogens with one attached hydrogen (secondary N) is 2. The van der Waals surface area contributed by atoms with E-state index < -0.39 is 0 Å². The van der Waals surface area contributed by atoms with Crippen LogP contribution >= 0.6 is 0 Å². The topological polar surface area (TPSA) is 65.2 Å². The molecule has 2 aromatic rings. The summed E-state index contributed by atoms with van der Waals surface area (Å²) in [4.78, 5) is 29.9. The molecule has 5 nitrogen and oxygen atoms in total. The van der Waals surface area contributed by atoms with Crippen LogP contribution in [0.1, 0.15) is 50.5 Å². The Hall–Kier alpha value is -2.37. The van der Waals surface area contributed by atoms with Crippen molar-refractivity contribution in [2.75, 3.05) is 13.1 Å². The smallest absolute Gasteiger partial charge is 0.225 e. The lowest BCUT2D eigenvalue weighted by Crippen LogP contribution is -2.39. The molecule has 1 aromatic carbocycles. The highest BCUT2D eigenvalue weighted by atomic mass is 19.1. The Bertz CT molecular complexity index is 855. The highest BCUT2D eigenvalue weighted by Gasteiger charge is 2.34. The quantitative estimate of drug-likeness (QED) is 0.773. The normalized spacial score (nSPS) is 21.2. The molecule has 4 rings (SSSR count). The molecular formula is C22H28FN3O2.